The summed E-state index contributed by atoms with van der Waals surface area (Å²) in [4.78, 5) is 15.7. The Kier molecular flexibility index (Phi) is 3.38. The number of nitrogens with one attached hydrogen (secondary N) is 1. The van der Waals surface area contributed by atoms with Crippen molar-refractivity contribution in [2.45, 2.75) is 37.7 Å². The molecule has 1 aliphatic rings. The molecule has 106 valence electrons. The highest BCUT2D eigenvalue weighted by Gasteiger charge is 2.24. The number of halogens is 2. The summed E-state index contributed by atoms with van der Waals surface area (Å²) in [6.07, 6.45) is 1.35. The van der Waals surface area contributed by atoms with E-state index in [1.165, 1.54) is 12.1 Å². The second kappa shape index (κ2) is 5.05. The van der Waals surface area contributed by atoms with Crippen molar-refractivity contribution in [3.8, 4) is 0 Å². The molecule has 0 spiro atoms. The monoisotopic (exact) mass is 295 g/mol. The van der Waals surface area contributed by atoms with Gasteiger partial charge in [-0.15, -0.1) is 11.6 Å². The van der Waals surface area contributed by atoms with Crippen molar-refractivity contribution in [1.82, 2.24) is 14.9 Å². The molecule has 0 bridgehead atoms. The van der Waals surface area contributed by atoms with Crippen LogP contribution in [0.5, 0.6) is 0 Å². The predicted molar refractivity (Wildman–Crippen MR) is 75.1 cm³/mol. The van der Waals surface area contributed by atoms with Crippen molar-refractivity contribution in [2.75, 3.05) is 0 Å². The van der Waals surface area contributed by atoms with Crippen molar-refractivity contribution < 1.29 is 9.18 Å². The van der Waals surface area contributed by atoms with Gasteiger partial charge >= 0.3 is 0 Å². The standard InChI is InChI=1S/C14H15ClFN3O/c1-8(15)14-18-11-6-9(16)2-4-12(11)19(14)7-10-3-5-13(20)17-10/h2,4,6,8,10H,3,5,7H2,1H3,(H,17,20). The number of aromatic nitrogens is 2. The van der Waals surface area contributed by atoms with Crippen LogP contribution in [0.25, 0.3) is 11.0 Å². The molecule has 2 unspecified atom stereocenters. The van der Waals surface area contributed by atoms with Gasteiger partial charge in [0.15, 0.2) is 0 Å². The lowest BCUT2D eigenvalue weighted by molar-refractivity contribution is -0.119. The molecular weight excluding hydrogens is 281 g/mol. The molecule has 1 amide bonds. The second-order valence-corrected chi connectivity index (χ2v) is 5.79. The van der Waals surface area contributed by atoms with Gasteiger partial charge in [0, 0.05) is 25.1 Å². The van der Waals surface area contributed by atoms with Crippen LogP contribution in [-0.4, -0.2) is 21.5 Å². The van der Waals surface area contributed by atoms with Crippen LogP contribution in [0.1, 0.15) is 31.0 Å². The summed E-state index contributed by atoms with van der Waals surface area (Å²) < 4.78 is 15.3. The maximum atomic E-state index is 13.3. The molecule has 1 saturated heterocycles. The zero-order valence-corrected chi connectivity index (χ0v) is 11.8. The fourth-order valence-electron chi connectivity index (χ4n) is 2.65. The van der Waals surface area contributed by atoms with Crippen LogP contribution in [0.15, 0.2) is 18.2 Å². The number of benzene rings is 1. The lowest BCUT2D eigenvalue weighted by Crippen LogP contribution is -2.30. The van der Waals surface area contributed by atoms with E-state index in [2.05, 4.69) is 10.3 Å². The number of fused-ring (bicyclic) bond motifs is 1. The van der Waals surface area contributed by atoms with Crippen LogP contribution in [0.3, 0.4) is 0 Å². The van der Waals surface area contributed by atoms with E-state index in [1.54, 1.807) is 6.07 Å². The van der Waals surface area contributed by atoms with Gasteiger partial charge in [-0.05, 0) is 25.5 Å². The zero-order chi connectivity index (χ0) is 14.3. The minimum atomic E-state index is -0.315. The van der Waals surface area contributed by atoms with Gasteiger partial charge in [-0.1, -0.05) is 0 Å². The first-order valence-corrected chi connectivity index (χ1v) is 7.07. The number of rotatable bonds is 3. The molecule has 1 aromatic carbocycles. The topological polar surface area (TPSA) is 46.9 Å². The molecule has 1 aromatic heterocycles. The Labute approximate surface area is 120 Å². The van der Waals surface area contributed by atoms with E-state index in [4.69, 9.17) is 11.6 Å². The highest BCUT2D eigenvalue weighted by molar-refractivity contribution is 6.20. The van der Waals surface area contributed by atoms with Gasteiger partial charge in [0.1, 0.15) is 11.6 Å². The number of amides is 1. The minimum absolute atomic E-state index is 0.0749. The number of hydrogen-bond donors (Lipinski definition) is 1. The van der Waals surface area contributed by atoms with Gasteiger partial charge in [-0.3, -0.25) is 4.79 Å². The Balaban J connectivity index is 2.02. The number of imidazole rings is 1. The van der Waals surface area contributed by atoms with E-state index in [1.807, 2.05) is 11.5 Å². The molecule has 2 atom stereocenters. The molecule has 0 aliphatic carbocycles. The highest BCUT2D eigenvalue weighted by atomic mass is 35.5. The summed E-state index contributed by atoms with van der Waals surface area (Å²) in [6.45, 7) is 2.45. The zero-order valence-electron chi connectivity index (χ0n) is 11.1. The Morgan fingerprint density at radius 1 is 1.60 bits per heavy atom. The van der Waals surface area contributed by atoms with Crippen LogP contribution < -0.4 is 5.32 Å². The molecule has 0 radical (unpaired) electrons. The third kappa shape index (κ3) is 2.38. The van der Waals surface area contributed by atoms with Gasteiger partial charge < -0.3 is 9.88 Å². The Hall–Kier alpha value is -1.62. The number of nitrogens with zero attached hydrogens (tertiary/aromatic N) is 2. The average Bonchev–Trinajstić information content (AvgIpc) is 2.94. The third-order valence-electron chi connectivity index (χ3n) is 3.58. The second-order valence-electron chi connectivity index (χ2n) is 5.13. The highest BCUT2D eigenvalue weighted by Crippen LogP contribution is 2.26. The van der Waals surface area contributed by atoms with E-state index in [0.717, 1.165) is 11.9 Å². The third-order valence-corrected chi connectivity index (χ3v) is 3.78. The lowest BCUT2D eigenvalue weighted by Gasteiger charge is -2.15. The molecule has 2 aromatic rings. The Bertz CT molecular complexity index is 668. The normalized spacial score (nSPS) is 20.4. The molecule has 1 aliphatic heterocycles. The predicted octanol–water partition coefficient (Wildman–Crippen LogP) is 2.75. The minimum Gasteiger partial charge on any atom is -0.352 e. The van der Waals surface area contributed by atoms with Crippen LogP contribution in [0.4, 0.5) is 4.39 Å². The molecule has 1 fully saturated rings. The van der Waals surface area contributed by atoms with Crippen LogP contribution in [-0.2, 0) is 11.3 Å². The summed E-state index contributed by atoms with van der Waals surface area (Å²) in [7, 11) is 0. The fourth-order valence-corrected chi connectivity index (χ4v) is 2.82. The summed E-state index contributed by atoms with van der Waals surface area (Å²) in [5, 5.41) is 2.65. The van der Waals surface area contributed by atoms with Crippen LogP contribution in [0, 0.1) is 5.82 Å². The maximum absolute atomic E-state index is 13.3. The lowest BCUT2D eigenvalue weighted by atomic mass is 10.2. The molecule has 2 heterocycles. The number of hydrogen-bond acceptors (Lipinski definition) is 2. The molecule has 20 heavy (non-hydrogen) atoms. The summed E-state index contributed by atoms with van der Waals surface area (Å²) in [6, 6.07) is 4.61. The van der Waals surface area contributed by atoms with E-state index in [-0.39, 0.29) is 23.1 Å². The smallest absolute Gasteiger partial charge is 0.220 e. The summed E-state index contributed by atoms with van der Waals surface area (Å²) >= 11 is 6.17. The van der Waals surface area contributed by atoms with Crippen molar-refractivity contribution in [2.24, 2.45) is 0 Å². The van der Waals surface area contributed by atoms with Gasteiger partial charge in [0.25, 0.3) is 0 Å². The van der Waals surface area contributed by atoms with E-state index in [0.29, 0.717) is 24.3 Å². The van der Waals surface area contributed by atoms with E-state index < -0.39 is 0 Å². The summed E-state index contributed by atoms with van der Waals surface area (Å²) in [5.41, 5.74) is 1.44. The first-order chi connectivity index (χ1) is 9.54. The quantitative estimate of drug-likeness (QED) is 0.885. The van der Waals surface area contributed by atoms with E-state index >= 15 is 0 Å². The van der Waals surface area contributed by atoms with Crippen molar-refractivity contribution >= 4 is 28.5 Å². The van der Waals surface area contributed by atoms with E-state index in [9.17, 15) is 9.18 Å². The van der Waals surface area contributed by atoms with Gasteiger partial charge in [-0.25, -0.2) is 9.37 Å². The number of carbonyl (C=O) groups is 1. The number of carbonyl (C=O) groups excluding carboxylic acids is 1. The SMILES string of the molecule is CC(Cl)c1nc2cc(F)ccc2n1CC1CCC(=O)N1. The average molecular weight is 296 g/mol. The van der Waals surface area contributed by atoms with Gasteiger partial charge in [0.05, 0.1) is 16.4 Å². The summed E-state index contributed by atoms with van der Waals surface area (Å²) in [5.74, 6) is 0.462. The van der Waals surface area contributed by atoms with Crippen molar-refractivity contribution in [3.05, 3.63) is 29.8 Å². The molecule has 6 heteroatoms. The largest absolute Gasteiger partial charge is 0.352 e. The van der Waals surface area contributed by atoms with Crippen molar-refractivity contribution in [3.63, 3.8) is 0 Å². The first kappa shape index (κ1) is 13.4. The van der Waals surface area contributed by atoms with Gasteiger partial charge in [-0.2, -0.15) is 0 Å². The number of alkyl halides is 1. The molecule has 3 rings (SSSR count). The van der Waals surface area contributed by atoms with Crippen molar-refractivity contribution in [1.29, 1.82) is 0 Å². The Morgan fingerprint density at radius 3 is 3.05 bits per heavy atom. The molecular formula is C14H15ClFN3O. The first-order valence-electron chi connectivity index (χ1n) is 6.63. The molecule has 0 saturated carbocycles. The van der Waals surface area contributed by atoms with Crippen LogP contribution in [0.2, 0.25) is 0 Å². The Morgan fingerprint density at radius 2 is 2.40 bits per heavy atom. The van der Waals surface area contributed by atoms with Gasteiger partial charge in [0.2, 0.25) is 5.91 Å². The fraction of sp³-hybridized carbons (Fsp3) is 0.429. The molecule has 1 N–H and O–H groups in total. The molecule has 4 nitrogen and oxygen atoms in total. The maximum Gasteiger partial charge on any atom is 0.220 e. The van der Waals surface area contributed by atoms with Crippen LogP contribution >= 0.6 is 11.6 Å².